The van der Waals surface area contributed by atoms with Crippen molar-refractivity contribution >= 4 is 22.6 Å². The Hall–Kier alpha value is -2.95. The molecule has 0 saturated heterocycles. The number of nitrogens with one attached hydrogen (secondary N) is 2. The molecule has 0 bridgehead atoms. The van der Waals surface area contributed by atoms with Gasteiger partial charge >= 0.3 is 0 Å². The molecule has 3 aromatic rings. The molecule has 0 spiro atoms. The molecule has 0 aliphatic rings. The summed E-state index contributed by atoms with van der Waals surface area (Å²) >= 11 is 0. The zero-order chi connectivity index (χ0) is 16.9. The molecule has 5 heteroatoms. The zero-order valence-electron chi connectivity index (χ0n) is 13.0. The van der Waals surface area contributed by atoms with Crippen LogP contribution in [-0.2, 0) is 11.2 Å². The number of carbonyl (C=O) groups excluding carboxylic acids is 2. The first-order valence-electron chi connectivity index (χ1n) is 7.78. The maximum Gasteiger partial charge on any atom is 0.292 e. The molecule has 0 radical (unpaired) electrons. The third-order valence-electron chi connectivity index (χ3n) is 3.87. The van der Waals surface area contributed by atoms with E-state index in [0.717, 1.165) is 12.8 Å². The maximum absolute atomic E-state index is 13.3. The normalized spacial score (nSPS) is 10.7. The second-order valence-electron chi connectivity index (χ2n) is 5.57. The van der Waals surface area contributed by atoms with Crippen molar-refractivity contribution in [3.05, 3.63) is 71.7 Å². The van der Waals surface area contributed by atoms with Crippen molar-refractivity contribution < 1.29 is 14.0 Å². The number of benzene rings is 2. The van der Waals surface area contributed by atoms with Gasteiger partial charge in [-0.1, -0.05) is 30.3 Å². The average molecular weight is 324 g/mol. The molecule has 1 amide bonds. The molecule has 24 heavy (non-hydrogen) atoms. The molecule has 0 saturated carbocycles. The molecule has 0 atom stereocenters. The van der Waals surface area contributed by atoms with E-state index < -0.39 is 17.5 Å². The van der Waals surface area contributed by atoms with Gasteiger partial charge < -0.3 is 10.3 Å². The molecule has 0 aliphatic carbocycles. The van der Waals surface area contributed by atoms with Crippen LogP contribution in [-0.4, -0.2) is 23.2 Å². The van der Waals surface area contributed by atoms with E-state index in [0.29, 0.717) is 17.4 Å². The van der Waals surface area contributed by atoms with Gasteiger partial charge in [0.15, 0.2) is 0 Å². The highest BCUT2D eigenvalue weighted by Crippen LogP contribution is 2.19. The standard InChI is InChI=1S/C19H17FN2O2/c20-14-8-9-17-15(11-14)16(12-22-17)18(23)19(24)21-10-4-7-13-5-2-1-3-6-13/h1-3,5-6,8-9,11-12,22H,4,7,10H2,(H,21,24). The SMILES string of the molecule is O=C(NCCCc1ccccc1)C(=O)c1c[nH]c2ccc(F)cc12. The van der Waals surface area contributed by atoms with Crippen LogP contribution in [0.3, 0.4) is 0 Å². The van der Waals surface area contributed by atoms with Crippen molar-refractivity contribution in [2.75, 3.05) is 6.54 Å². The number of rotatable bonds is 6. The van der Waals surface area contributed by atoms with Gasteiger partial charge in [-0.25, -0.2) is 4.39 Å². The third-order valence-corrected chi connectivity index (χ3v) is 3.87. The summed E-state index contributed by atoms with van der Waals surface area (Å²) in [6.07, 6.45) is 3.01. The number of fused-ring (bicyclic) bond motifs is 1. The average Bonchev–Trinajstić information content (AvgIpc) is 3.01. The van der Waals surface area contributed by atoms with Crippen LogP contribution in [0.5, 0.6) is 0 Å². The zero-order valence-corrected chi connectivity index (χ0v) is 13.0. The Morgan fingerprint density at radius 3 is 2.67 bits per heavy atom. The van der Waals surface area contributed by atoms with Gasteiger partial charge in [0.25, 0.3) is 11.7 Å². The highest BCUT2D eigenvalue weighted by molar-refractivity contribution is 6.44. The van der Waals surface area contributed by atoms with Crippen LogP contribution < -0.4 is 5.32 Å². The number of amides is 1. The lowest BCUT2D eigenvalue weighted by molar-refractivity contribution is -0.117. The molecule has 2 aromatic carbocycles. The Labute approximate surface area is 138 Å². The summed E-state index contributed by atoms with van der Waals surface area (Å²) < 4.78 is 13.3. The maximum atomic E-state index is 13.3. The molecule has 3 rings (SSSR count). The van der Waals surface area contributed by atoms with Crippen LogP contribution in [0.25, 0.3) is 10.9 Å². The fourth-order valence-corrected chi connectivity index (χ4v) is 2.62. The Morgan fingerprint density at radius 2 is 1.88 bits per heavy atom. The van der Waals surface area contributed by atoms with Crippen molar-refractivity contribution in [1.82, 2.24) is 10.3 Å². The summed E-state index contributed by atoms with van der Waals surface area (Å²) in [6, 6.07) is 14.0. The second-order valence-corrected chi connectivity index (χ2v) is 5.57. The van der Waals surface area contributed by atoms with Gasteiger partial charge in [0.2, 0.25) is 0 Å². The summed E-state index contributed by atoms with van der Waals surface area (Å²) in [7, 11) is 0. The van der Waals surface area contributed by atoms with Crippen molar-refractivity contribution in [2.45, 2.75) is 12.8 Å². The van der Waals surface area contributed by atoms with Gasteiger partial charge in [-0.15, -0.1) is 0 Å². The Bertz CT molecular complexity index is 871. The van der Waals surface area contributed by atoms with E-state index in [1.165, 1.54) is 23.9 Å². The van der Waals surface area contributed by atoms with E-state index in [2.05, 4.69) is 10.3 Å². The molecule has 0 aliphatic heterocycles. The number of aromatic nitrogens is 1. The smallest absolute Gasteiger partial charge is 0.292 e. The van der Waals surface area contributed by atoms with Crippen LogP contribution in [0.2, 0.25) is 0 Å². The highest BCUT2D eigenvalue weighted by Gasteiger charge is 2.19. The number of halogens is 1. The fourth-order valence-electron chi connectivity index (χ4n) is 2.62. The minimum Gasteiger partial charge on any atom is -0.360 e. The number of hydrogen-bond donors (Lipinski definition) is 2. The lowest BCUT2D eigenvalue weighted by Crippen LogP contribution is -2.31. The predicted octanol–water partition coefficient (Wildman–Crippen LogP) is 3.24. The third kappa shape index (κ3) is 3.51. The van der Waals surface area contributed by atoms with E-state index in [4.69, 9.17) is 0 Å². The first-order chi connectivity index (χ1) is 11.6. The van der Waals surface area contributed by atoms with E-state index >= 15 is 0 Å². The first-order valence-corrected chi connectivity index (χ1v) is 7.78. The number of aryl methyl sites for hydroxylation is 1. The molecule has 1 heterocycles. The predicted molar refractivity (Wildman–Crippen MR) is 90.4 cm³/mol. The van der Waals surface area contributed by atoms with Crippen LogP contribution in [0.15, 0.2) is 54.7 Å². The summed E-state index contributed by atoms with van der Waals surface area (Å²) in [5, 5.41) is 3.04. The molecule has 2 N–H and O–H groups in total. The van der Waals surface area contributed by atoms with Crippen LogP contribution in [0.1, 0.15) is 22.3 Å². The minimum atomic E-state index is -0.673. The summed E-state index contributed by atoms with van der Waals surface area (Å²) in [5.41, 5.74) is 1.99. The molecular formula is C19H17FN2O2. The molecule has 122 valence electrons. The van der Waals surface area contributed by atoms with Gasteiger partial charge in [-0.3, -0.25) is 9.59 Å². The summed E-state index contributed by atoms with van der Waals surface area (Å²) in [5.74, 6) is -1.78. The fraction of sp³-hybridized carbons (Fsp3) is 0.158. The Balaban J connectivity index is 1.58. The van der Waals surface area contributed by atoms with Gasteiger partial charge in [0.05, 0.1) is 5.56 Å². The Kier molecular flexibility index (Phi) is 4.70. The Morgan fingerprint density at radius 1 is 1.08 bits per heavy atom. The largest absolute Gasteiger partial charge is 0.360 e. The van der Waals surface area contributed by atoms with E-state index in [1.54, 1.807) is 6.07 Å². The summed E-state index contributed by atoms with van der Waals surface area (Å²) in [6.45, 7) is 0.413. The van der Waals surface area contributed by atoms with E-state index in [9.17, 15) is 14.0 Å². The van der Waals surface area contributed by atoms with Gasteiger partial charge in [0, 0.05) is 23.6 Å². The van der Waals surface area contributed by atoms with E-state index in [1.807, 2.05) is 30.3 Å². The topological polar surface area (TPSA) is 62.0 Å². The van der Waals surface area contributed by atoms with Gasteiger partial charge in [0.1, 0.15) is 5.82 Å². The van der Waals surface area contributed by atoms with Crippen molar-refractivity contribution in [3.8, 4) is 0 Å². The monoisotopic (exact) mass is 324 g/mol. The van der Waals surface area contributed by atoms with Crippen molar-refractivity contribution in [1.29, 1.82) is 0 Å². The van der Waals surface area contributed by atoms with Crippen LogP contribution in [0, 0.1) is 5.82 Å². The molecular weight excluding hydrogens is 307 g/mol. The number of ketones is 1. The highest BCUT2D eigenvalue weighted by atomic mass is 19.1. The molecule has 0 fully saturated rings. The second kappa shape index (κ2) is 7.08. The molecule has 0 unspecified atom stereocenters. The minimum absolute atomic E-state index is 0.185. The molecule has 1 aromatic heterocycles. The number of carbonyl (C=O) groups is 2. The number of aromatic amines is 1. The van der Waals surface area contributed by atoms with Crippen molar-refractivity contribution in [3.63, 3.8) is 0 Å². The van der Waals surface area contributed by atoms with Crippen LogP contribution in [0.4, 0.5) is 4.39 Å². The quantitative estimate of drug-likeness (QED) is 0.415. The lowest BCUT2D eigenvalue weighted by atomic mass is 10.1. The lowest BCUT2D eigenvalue weighted by Gasteiger charge is -2.04. The number of Topliss-reactive ketones (excluding diaryl/α,β-unsaturated/α-hetero) is 1. The number of hydrogen-bond acceptors (Lipinski definition) is 2. The summed E-state index contributed by atoms with van der Waals surface area (Å²) in [4.78, 5) is 27.1. The van der Waals surface area contributed by atoms with Gasteiger partial charge in [-0.2, -0.15) is 0 Å². The number of H-pyrrole nitrogens is 1. The van der Waals surface area contributed by atoms with E-state index in [-0.39, 0.29) is 5.56 Å². The molecule has 4 nitrogen and oxygen atoms in total. The first kappa shape index (κ1) is 15.9. The van der Waals surface area contributed by atoms with Crippen molar-refractivity contribution in [2.24, 2.45) is 0 Å². The van der Waals surface area contributed by atoms with Crippen LogP contribution >= 0.6 is 0 Å². The van der Waals surface area contributed by atoms with Gasteiger partial charge in [-0.05, 0) is 36.6 Å².